The van der Waals surface area contributed by atoms with Crippen molar-refractivity contribution in [2.75, 3.05) is 34.5 Å². The number of hydrogen-bond acceptors (Lipinski definition) is 26. The smallest absolute Gasteiger partial charge is 0.446 e. The minimum absolute atomic E-state index is 0. The second-order valence-corrected chi connectivity index (χ2v) is 30.4. The molecule has 0 atom stereocenters. The highest BCUT2D eigenvalue weighted by Gasteiger charge is 2.29. The van der Waals surface area contributed by atoms with Crippen LogP contribution in [0.25, 0.3) is 48.5 Å². The summed E-state index contributed by atoms with van der Waals surface area (Å²) in [5.74, 6) is -7.93. The summed E-state index contributed by atoms with van der Waals surface area (Å²) in [6, 6.07) is 27.0. The summed E-state index contributed by atoms with van der Waals surface area (Å²) in [6.45, 7) is 23.6. The number of nitrogens with two attached hydrogens (primary N) is 3. The Bertz CT molecular complexity index is 5810. The van der Waals surface area contributed by atoms with E-state index in [4.69, 9.17) is 82.0 Å². The molecule has 0 unspecified atom stereocenters. The number of nitrogens with one attached hydrogen (secondary N) is 2. The first-order valence-electron chi connectivity index (χ1n) is 37.8. The van der Waals surface area contributed by atoms with E-state index in [2.05, 4.69) is 58.8 Å². The maximum Gasteiger partial charge on any atom is 0.446 e. The van der Waals surface area contributed by atoms with Crippen molar-refractivity contribution in [2.24, 2.45) is 23.1 Å². The maximum atomic E-state index is 14.1. The molecule has 39 nitrogen and oxygen atoms in total. The average molecular weight is 1880 g/mol. The van der Waals surface area contributed by atoms with Crippen LogP contribution in [0.4, 0.5) is 27.8 Å². The Morgan fingerprint density at radius 1 is 0.573 bits per heavy atom. The Hall–Kier alpha value is -14.2. The van der Waals surface area contributed by atoms with Crippen LogP contribution >= 0.6 is 23.2 Å². The minimum atomic E-state index is -4.64. The molecule has 6 amide bonds. The van der Waals surface area contributed by atoms with Gasteiger partial charge in [0, 0.05) is 75.5 Å². The van der Waals surface area contributed by atoms with Gasteiger partial charge in [-0.1, -0.05) is 75.3 Å². The molecule has 710 valence electrons. The number of halogens is 7. The number of nitrogens with zero attached hydrogens (tertiary/aromatic N) is 9. The molecule has 46 heteroatoms. The van der Waals surface area contributed by atoms with Gasteiger partial charge in [-0.05, 0) is 158 Å². The number of aldehydes is 1. The van der Waals surface area contributed by atoms with E-state index in [0.717, 1.165) is 11.1 Å². The molecule has 0 saturated heterocycles. The highest BCUT2D eigenvalue weighted by molar-refractivity contribution is 6.31. The van der Waals surface area contributed by atoms with Crippen molar-refractivity contribution in [3.05, 3.63) is 199 Å². The van der Waals surface area contributed by atoms with Gasteiger partial charge in [0.1, 0.15) is 49.1 Å². The van der Waals surface area contributed by atoms with Crippen molar-refractivity contribution < 1.29 is 139 Å². The van der Waals surface area contributed by atoms with Crippen molar-refractivity contribution in [1.82, 2.24) is 55.6 Å². The lowest BCUT2D eigenvalue weighted by Crippen LogP contribution is -2.45. The van der Waals surface area contributed by atoms with Gasteiger partial charge in [-0.3, -0.25) is 67.8 Å². The first-order valence-corrected chi connectivity index (χ1v) is 38.5. The Morgan fingerprint density at radius 3 is 1.32 bits per heavy atom. The number of primary amides is 3. The van der Waals surface area contributed by atoms with Crippen LogP contribution in [0.3, 0.4) is 0 Å². The maximum absolute atomic E-state index is 14.1. The van der Waals surface area contributed by atoms with E-state index >= 15 is 0 Å². The molecule has 0 aliphatic heterocycles. The summed E-state index contributed by atoms with van der Waals surface area (Å²) < 4.78 is 88.6. The monoisotopic (exact) mass is 1880 g/mol. The van der Waals surface area contributed by atoms with Crippen LogP contribution in [0.1, 0.15) is 173 Å². The summed E-state index contributed by atoms with van der Waals surface area (Å²) in [5.41, 5.74) is 18.4. The van der Waals surface area contributed by atoms with Gasteiger partial charge in [0.05, 0.1) is 76.7 Å². The van der Waals surface area contributed by atoms with Crippen LogP contribution in [0.2, 0.25) is 10.0 Å². The first-order chi connectivity index (χ1) is 59.9. The van der Waals surface area contributed by atoms with Crippen molar-refractivity contribution in [3.63, 3.8) is 0 Å². The fourth-order valence-electron chi connectivity index (χ4n) is 11.3. The molecule has 6 aromatic carbocycles. The second kappa shape index (κ2) is 52.3. The van der Waals surface area contributed by atoms with Crippen LogP contribution in [0, 0.1) is 24.1 Å². The molecule has 0 bridgehead atoms. The number of amides is 6. The zero-order valence-corrected chi connectivity index (χ0v) is 73.9. The summed E-state index contributed by atoms with van der Waals surface area (Å²) >= 11 is 11.4. The van der Waals surface area contributed by atoms with E-state index < -0.39 is 120 Å². The lowest BCUT2D eigenvalue weighted by Gasteiger charge is -2.26. The molecule has 17 N–H and O–H groups in total. The molecule has 0 spiro atoms. The lowest BCUT2D eigenvalue weighted by molar-refractivity contribution is -0.176. The molecule has 0 radical (unpaired) electrons. The van der Waals surface area contributed by atoms with Crippen molar-refractivity contribution >= 4 is 156 Å². The number of aliphatic hydroxyl groups excluding tert-OH is 1. The number of aromatic nitrogens is 7. The Morgan fingerprint density at radius 2 is 0.954 bits per heavy atom. The van der Waals surface area contributed by atoms with Crippen LogP contribution < -0.4 is 34.0 Å². The number of carbonyl (C=O) groups excluding carboxylic acids is 13. The average Bonchev–Trinajstić information content (AvgIpc) is 1.66. The molecule has 0 aliphatic carbocycles. The summed E-state index contributed by atoms with van der Waals surface area (Å²) in [7, 11) is 3.77. The molecule has 4 heterocycles. The number of ketones is 1. The SMILES string of the molecule is C.CC(C)CCC(=O)NCc1cccc(Cl)c1F.CC(C)N(CC(=O)NCc1cccc(Cl)c1F)C(=O)Cn1cc(C(N)=O)c2cc(C(=O)CO)ccc21.COC(=O)c1ccc2c(c1)c(C(N)=O)nn2CC(=O)O.COC(=O)c1ccc2c(c1)c(C(N)=O)nn2CC(=O)OC(C)(C)C.N.O.O=CC(F)(F)F.OO.[C-]#[N+]c1nn(CC(=O)OC(C)(C)C)c2ccc(C(=O)OC)cc12. The number of carboxylic acids is 1. The molecule has 10 aromatic rings. The number of esters is 5. The number of Topliss-reactive ketones (excluding diaryl/α,β-unsaturated/α-hetero) is 1. The van der Waals surface area contributed by atoms with Gasteiger partial charge in [-0.2, -0.15) is 28.1 Å². The molecular weight excluding hydrogens is 1780 g/mol. The molecular formula is C85H102Cl2F5N15O24. The molecule has 10 rings (SSSR count). The third kappa shape index (κ3) is 34.7. The summed E-state index contributed by atoms with van der Waals surface area (Å²) in [4.78, 5) is 167. The summed E-state index contributed by atoms with van der Waals surface area (Å²) in [6.07, 6.45) is -2.98. The number of fused-ring (bicyclic) bond motifs is 4. The third-order valence-electron chi connectivity index (χ3n) is 17.0. The largest absolute Gasteiger partial charge is 0.480 e. The van der Waals surface area contributed by atoms with Gasteiger partial charge in [-0.15, -0.1) is 0 Å². The van der Waals surface area contributed by atoms with E-state index in [-0.39, 0.29) is 125 Å². The van der Waals surface area contributed by atoms with Crippen LogP contribution in [0.15, 0.2) is 115 Å². The number of hydrogen-bond donors (Lipinski definition) is 10. The quantitative estimate of drug-likeness (QED) is 0.00352. The van der Waals surface area contributed by atoms with Crippen molar-refractivity contribution in [2.45, 2.75) is 152 Å². The fourth-order valence-corrected chi connectivity index (χ4v) is 11.7. The highest BCUT2D eigenvalue weighted by atomic mass is 35.5. The standard InChI is InChI=1S/C25H26ClFN4O5.C16H19N3O5.C16H17N3O4.C13H17ClFNO.C12H11N3O5.C2HF3O.CH4.H3N.H2O2.H2O/c1-14(2)31(11-22(34)29-9-16-4-3-5-19(26)24(16)27)23(35)12-30-10-18(25(28)36)17-8-15(21(33)13-32)6-7-20(17)30;1-16(2,3)24-12(20)8-19-11-6-5-9(15(22)23-4)7-10(11)13(18-19)14(17)21;1-16(2,3)23-13(20)9-19-12-7-6-10(15(21)22-5)8-11(12)14(17-4)18-19;1-9(2)6-7-12(17)16-8-10-4-3-5-11(14)13(10)15;1-20-12(19)6-2-3-8-7(4-6)10(11(13)18)14-15(8)5-9(16)17;3-2(4,5)1-6;;;1-2;/h3-8,10,14,32H,9,11-13H2,1-2H3,(H2,28,36)(H,29,34);5-7H,8H2,1-4H3,(H2,17,21);6-8H,9H2,1-3,5H3;3-5,9H,6-8H2,1-2H3,(H,16,17);2-4H,5H2,1H3,(H2,13,18)(H,16,17);1H;1H4;1H3;1-2H;1H2. The summed E-state index contributed by atoms with van der Waals surface area (Å²) in [5, 5.41) is 48.8. The lowest BCUT2D eigenvalue weighted by atomic mass is 10.1. The molecule has 0 saturated carbocycles. The predicted octanol–water partition coefficient (Wildman–Crippen LogP) is 10.5. The van der Waals surface area contributed by atoms with E-state index in [9.17, 15) is 84.3 Å². The number of alkyl halides is 3. The van der Waals surface area contributed by atoms with E-state index in [1.165, 1.54) is 113 Å². The number of rotatable bonds is 26. The van der Waals surface area contributed by atoms with E-state index in [1.807, 2.05) is 0 Å². The van der Waals surface area contributed by atoms with Crippen molar-refractivity contribution in [1.29, 1.82) is 0 Å². The molecule has 0 aliphatic rings. The zero-order valence-electron chi connectivity index (χ0n) is 72.4. The third-order valence-corrected chi connectivity index (χ3v) is 17.6. The van der Waals surface area contributed by atoms with Gasteiger partial charge < -0.3 is 87.7 Å². The van der Waals surface area contributed by atoms with Gasteiger partial charge in [0.25, 0.3) is 17.7 Å². The van der Waals surface area contributed by atoms with Gasteiger partial charge in [0.15, 0.2) is 23.7 Å². The van der Waals surface area contributed by atoms with Crippen LogP contribution in [0.5, 0.6) is 0 Å². The van der Waals surface area contributed by atoms with Crippen LogP contribution in [-0.2, 0) is 96.5 Å². The number of aliphatic hydroxyl groups is 1. The topological polar surface area (TPSA) is 601 Å². The normalized spacial score (nSPS) is 10.6. The fraction of sp³-hybridized carbons (Fsp3) is 0.341. The van der Waals surface area contributed by atoms with Gasteiger partial charge in [0.2, 0.25) is 24.0 Å². The Balaban J connectivity index is 0.000000813. The highest BCUT2D eigenvalue weighted by Crippen LogP contribution is 2.30. The first kappa shape index (κ1) is 115. The number of methoxy groups -OCH3 is 3. The Kier molecular flexibility index (Phi) is 45.8. The van der Waals surface area contributed by atoms with Gasteiger partial charge in [-0.25, -0.2) is 28.0 Å². The molecule has 131 heavy (non-hydrogen) atoms. The number of carbonyl (C=O) groups is 14. The minimum Gasteiger partial charge on any atom is -0.480 e. The van der Waals surface area contributed by atoms with Gasteiger partial charge >= 0.3 is 47.8 Å². The number of aliphatic carboxylic acids is 1. The Labute approximate surface area is 755 Å². The second-order valence-electron chi connectivity index (χ2n) is 29.6. The van der Waals surface area contributed by atoms with Crippen molar-refractivity contribution in [3.8, 4) is 0 Å². The zero-order chi connectivity index (χ0) is 96.7. The van der Waals surface area contributed by atoms with E-state index in [1.54, 1.807) is 97.9 Å². The number of benzene rings is 6. The molecule has 0 fully saturated rings. The predicted molar refractivity (Wildman–Crippen MR) is 468 cm³/mol. The van der Waals surface area contributed by atoms with E-state index in [0.29, 0.717) is 67.1 Å². The van der Waals surface area contributed by atoms with Crippen LogP contribution in [-0.4, -0.2) is 206 Å². The number of carboxylic acid groups (broad SMARTS) is 1. The molecule has 4 aromatic heterocycles. The number of ether oxygens (including phenoxy) is 5.